The van der Waals surface area contributed by atoms with Crippen LogP contribution in [0.4, 0.5) is 0 Å². The van der Waals surface area contributed by atoms with Crippen molar-refractivity contribution < 1.29 is 4.79 Å². The minimum Gasteiger partial charge on any atom is -0.351 e. The van der Waals surface area contributed by atoms with Crippen molar-refractivity contribution in [1.82, 2.24) is 5.32 Å². The maximum absolute atomic E-state index is 12.1. The van der Waals surface area contributed by atoms with E-state index in [0.29, 0.717) is 12.3 Å². The molecule has 1 unspecified atom stereocenters. The lowest BCUT2D eigenvalue weighted by atomic mass is 10.2. The first-order chi connectivity index (χ1) is 11.7. The fourth-order valence-electron chi connectivity index (χ4n) is 2.04. The summed E-state index contributed by atoms with van der Waals surface area (Å²) in [6.07, 6.45) is 1.48. The van der Waals surface area contributed by atoms with Crippen molar-refractivity contribution in [2.75, 3.05) is 5.75 Å². The molecule has 2 aromatic rings. The fraction of sp³-hybridized carbons (Fsp3) is 0.158. The zero-order valence-corrected chi connectivity index (χ0v) is 14.0. The van der Waals surface area contributed by atoms with Crippen LogP contribution < -0.4 is 11.1 Å². The van der Waals surface area contributed by atoms with Gasteiger partial charge in [-0.05, 0) is 11.1 Å². The number of hydrogen-bond donors (Lipinski definition) is 2. The summed E-state index contributed by atoms with van der Waals surface area (Å²) < 4.78 is 0. The first-order valence-corrected chi connectivity index (χ1v) is 8.54. The molecule has 0 saturated carbocycles. The number of nitrogens with one attached hydrogen (secondary N) is 1. The molecule has 24 heavy (non-hydrogen) atoms. The van der Waals surface area contributed by atoms with Gasteiger partial charge in [0.2, 0.25) is 5.91 Å². The van der Waals surface area contributed by atoms with E-state index in [-0.39, 0.29) is 5.91 Å². The summed E-state index contributed by atoms with van der Waals surface area (Å²) in [6.45, 7) is 0.456. The molecule has 0 radical (unpaired) electrons. The van der Waals surface area contributed by atoms with Gasteiger partial charge in [-0.3, -0.25) is 4.79 Å². The number of amides is 1. The Balaban J connectivity index is 1.87. The van der Waals surface area contributed by atoms with Crippen LogP contribution in [0.3, 0.4) is 0 Å². The van der Waals surface area contributed by atoms with Gasteiger partial charge in [0.05, 0.1) is 12.1 Å². The number of nitrogens with zero attached hydrogens (tertiary/aromatic N) is 1. The van der Waals surface area contributed by atoms with Crippen molar-refractivity contribution in [3.63, 3.8) is 0 Å². The van der Waals surface area contributed by atoms with Crippen LogP contribution in [-0.2, 0) is 11.3 Å². The van der Waals surface area contributed by atoms with E-state index in [1.165, 1.54) is 17.8 Å². The number of carbonyl (C=O) groups excluding carboxylic acids is 1. The lowest BCUT2D eigenvalue weighted by molar-refractivity contribution is -0.122. The van der Waals surface area contributed by atoms with Crippen molar-refractivity contribution in [2.45, 2.75) is 12.6 Å². The molecule has 0 bridgehead atoms. The van der Waals surface area contributed by atoms with Crippen LogP contribution in [0.25, 0.3) is 4.91 Å². The molecule has 0 aliphatic rings. The average molecular weight is 337 g/mol. The largest absolute Gasteiger partial charge is 0.351 e. The van der Waals surface area contributed by atoms with Crippen molar-refractivity contribution in [3.8, 4) is 6.07 Å². The molecule has 0 aromatic heterocycles. The Morgan fingerprint density at radius 2 is 1.79 bits per heavy atom. The van der Waals surface area contributed by atoms with Gasteiger partial charge in [-0.25, -0.2) is 0 Å². The lowest BCUT2D eigenvalue weighted by Crippen LogP contribution is -2.41. The van der Waals surface area contributed by atoms with E-state index in [1.54, 1.807) is 0 Å². The van der Waals surface area contributed by atoms with Crippen molar-refractivity contribution >= 4 is 22.6 Å². The van der Waals surface area contributed by atoms with E-state index in [4.69, 9.17) is 11.0 Å². The fourth-order valence-corrected chi connectivity index (χ4v) is 2.99. The number of hydrogen-bond acceptors (Lipinski definition) is 4. The summed E-state index contributed by atoms with van der Waals surface area (Å²) in [4.78, 5) is 12.9. The molecule has 3 N–H and O–H groups in total. The molecule has 0 saturated heterocycles. The quantitative estimate of drug-likeness (QED) is 0.761. The first-order valence-electron chi connectivity index (χ1n) is 7.56. The Morgan fingerprint density at radius 1 is 1.17 bits per heavy atom. The molecule has 0 aliphatic carbocycles. The molecule has 0 spiro atoms. The van der Waals surface area contributed by atoms with E-state index in [2.05, 4.69) is 5.32 Å². The third-order valence-electron chi connectivity index (χ3n) is 3.32. The molecule has 5 heteroatoms. The maximum atomic E-state index is 12.1. The van der Waals surface area contributed by atoms with Crippen LogP contribution in [0.15, 0.2) is 66.7 Å². The van der Waals surface area contributed by atoms with Gasteiger partial charge in [0, 0.05) is 23.3 Å². The maximum Gasteiger partial charge on any atom is 0.238 e. The highest BCUT2D eigenvalue weighted by molar-refractivity contribution is 8.08. The molecule has 2 rings (SSSR count). The van der Waals surface area contributed by atoms with Gasteiger partial charge in [-0.2, -0.15) is 5.26 Å². The third kappa shape index (κ3) is 5.58. The molecular formula is C19H19N3OS. The summed E-state index contributed by atoms with van der Waals surface area (Å²) in [5.74, 6) is 0.207. The van der Waals surface area contributed by atoms with Gasteiger partial charge in [-0.15, -0.1) is 11.8 Å². The third-order valence-corrected chi connectivity index (χ3v) is 4.51. The van der Waals surface area contributed by atoms with Gasteiger partial charge in [0.1, 0.15) is 0 Å². The van der Waals surface area contributed by atoms with E-state index in [9.17, 15) is 4.79 Å². The molecule has 0 heterocycles. The Morgan fingerprint density at radius 3 is 2.42 bits per heavy atom. The molecule has 0 fully saturated rings. The Kier molecular flexibility index (Phi) is 7.09. The van der Waals surface area contributed by atoms with Gasteiger partial charge in [0.15, 0.2) is 0 Å². The topological polar surface area (TPSA) is 78.9 Å². The predicted molar refractivity (Wildman–Crippen MR) is 98.8 cm³/mol. The summed E-state index contributed by atoms with van der Waals surface area (Å²) in [6, 6.07) is 20.7. The van der Waals surface area contributed by atoms with Gasteiger partial charge >= 0.3 is 0 Å². The van der Waals surface area contributed by atoms with Gasteiger partial charge < -0.3 is 11.1 Å². The molecule has 2 aromatic carbocycles. The van der Waals surface area contributed by atoms with Crippen LogP contribution in [0.2, 0.25) is 0 Å². The Hall–Kier alpha value is -2.55. The molecule has 1 atom stereocenters. The van der Waals surface area contributed by atoms with Crippen molar-refractivity contribution in [2.24, 2.45) is 5.73 Å². The number of nitriles is 1. The smallest absolute Gasteiger partial charge is 0.238 e. The Labute approximate surface area is 146 Å². The zero-order valence-electron chi connectivity index (χ0n) is 13.2. The number of benzene rings is 2. The van der Waals surface area contributed by atoms with Crippen molar-refractivity contribution in [3.05, 3.63) is 77.9 Å². The second-order valence-corrected chi connectivity index (χ2v) is 6.19. The highest BCUT2D eigenvalue weighted by atomic mass is 32.2. The second kappa shape index (κ2) is 9.56. The minimum absolute atomic E-state index is 0.198. The minimum atomic E-state index is -0.635. The average Bonchev–Trinajstić information content (AvgIpc) is 2.64. The first kappa shape index (κ1) is 17.8. The number of nitrogens with two attached hydrogens (primary N) is 1. The molecule has 1 amide bonds. The normalized spacial score (nSPS) is 12.2. The highest BCUT2D eigenvalue weighted by Crippen LogP contribution is 2.27. The zero-order chi connectivity index (χ0) is 17.2. The summed E-state index contributed by atoms with van der Waals surface area (Å²) >= 11 is 1.41. The standard InChI is InChI=1S/C19H19N3OS/c20-12-11-18(16-9-5-2-6-10-16)24-14-17(21)19(23)22-13-15-7-3-1-4-8-15/h1-11,17H,13-14,21H2,(H,22,23)/b18-11-. The number of thioether (sulfide) groups is 1. The molecule has 0 aliphatic heterocycles. The van der Waals surface area contributed by atoms with E-state index in [1.807, 2.05) is 66.7 Å². The number of rotatable bonds is 7. The Bertz CT molecular complexity index is 723. The molecular weight excluding hydrogens is 318 g/mol. The summed E-state index contributed by atoms with van der Waals surface area (Å²) in [7, 11) is 0. The van der Waals surface area contributed by atoms with Gasteiger partial charge in [0.25, 0.3) is 0 Å². The predicted octanol–water partition coefficient (Wildman–Crippen LogP) is 2.93. The van der Waals surface area contributed by atoms with Crippen LogP contribution in [0, 0.1) is 11.3 Å². The van der Waals surface area contributed by atoms with Crippen LogP contribution in [0.5, 0.6) is 0 Å². The van der Waals surface area contributed by atoms with E-state index >= 15 is 0 Å². The highest BCUT2D eigenvalue weighted by Gasteiger charge is 2.14. The molecule has 122 valence electrons. The van der Waals surface area contributed by atoms with Crippen LogP contribution >= 0.6 is 11.8 Å². The van der Waals surface area contributed by atoms with Crippen molar-refractivity contribution in [1.29, 1.82) is 5.26 Å². The van der Waals surface area contributed by atoms with Crippen LogP contribution in [0.1, 0.15) is 11.1 Å². The van der Waals surface area contributed by atoms with Gasteiger partial charge in [-0.1, -0.05) is 60.7 Å². The second-order valence-electron chi connectivity index (χ2n) is 5.12. The number of allylic oxidation sites excluding steroid dienone is 1. The van der Waals surface area contributed by atoms with E-state index < -0.39 is 6.04 Å². The summed E-state index contributed by atoms with van der Waals surface area (Å²) in [5, 5.41) is 11.8. The lowest BCUT2D eigenvalue weighted by Gasteiger charge is -2.13. The summed E-state index contributed by atoms with van der Waals surface area (Å²) in [5.41, 5.74) is 7.93. The monoisotopic (exact) mass is 337 g/mol. The number of carbonyl (C=O) groups is 1. The van der Waals surface area contributed by atoms with Crippen LogP contribution in [-0.4, -0.2) is 17.7 Å². The SMILES string of the molecule is N#C/C=C(\SCC(N)C(=O)NCc1ccccc1)c1ccccc1. The van der Waals surface area contributed by atoms with E-state index in [0.717, 1.165) is 16.0 Å². The molecule has 4 nitrogen and oxygen atoms in total.